The lowest BCUT2D eigenvalue weighted by atomic mass is 10.0. The molecule has 112 valence electrons. The highest BCUT2D eigenvalue weighted by Crippen LogP contribution is 2.25. The second-order valence-corrected chi connectivity index (χ2v) is 5.38. The molecule has 0 spiro atoms. The fourth-order valence-corrected chi connectivity index (χ4v) is 2.89. The van der Waals surface area contributed by atoms with Gasteiger partial charge in [0.1, 0.15) is 0 Å². The Labute approximate surface area is 123 Å². The molecule has 6 nitrogen and oxygen atoms in total. The average Bonchev–Trinajstić information content (AvgIpc) is 2.83. The molecule has 0 aliphatic carbocycles. The van der Waals surface area contributed by atoms with Crippen molar-refractivity contribution >= 4 is 11.8 Å². The summed E-state index contributed by atoms with van der Waals surface area (Å²) in [6.07, 6.45) is 0. The van der Waals surface area contributed by atoms with Crippen LogP contribution in [0.1, 0.15) is 26.3 Å². The van der Waals surface area contributed by atoms with Crippen molar-refractivity contribution in [2.24, 2.45) is 5.73 Å². The van der Waals surface area contributed by atoms with Crippen LogP contribution < -0.4 is 5.73 Å². The molecule has 1 aromatic rings. The maximum atomic E-state index is 12.5. The molecule has 3 rings (SSSR count). The van der Waals surface area contributed by atoms with Gasteiger partial charge in [0, 0.05) is 32.7 Å². The SMILES string of the molecule is NC(=O)c1cccc2c1C(=O)N(CCN1CCOCC1)C2. The monoisotopic (exact) mass is 289 g/mol. The van der Waals surface area contributed by atoms with Gasteiger partial charge in [-0.3, -0.25) is 14.5 Å². The third-order valence-electron chi connectivity index (χ3n) is 4.07. The predicted octanol–water partition coefficient (Wildman–Crippen LogP) is 0.0735. The number of carbonyl (C=O) groups excluding carboxylic acids is 2. The quantitative estimate of drug-likeness (QED) is 0.851. The third-order valence-corrected chi connectivity index (χ3v) is 4.07. The number of morpholine rings is 1. The molecule has 0 bridgehead atoms. The first kappa shape index (κ1) is 14.0. The maximum Gasteiger partial charge on any atom is 0.255 e. The van der Waals surface area contributed by atoms with Crippen LogP contribution in [0, 0.1) is 0 Å². The van der Waals surface area contributed by atoms with Gasteiger partial charge in [0.2, 0.25) is 5.91 Å². The van der Waals surface area contributed by atoms with Gasteiger partial charge in [-0.2, -0.15) is 0 Å². The summed E-state index contributed by atoms with van der Waals surface area (Å²) >= 11 is 0. The lowest BCUT2D eigenvalue weighted by molar-refractivity contribution is 0.0327. The van der Waals surface area contributed by atoms with Crippen molar-refractivity contribution in [3.63, 3.8) is 0 Å². The number of primary amides is 1. The summed E-state index contributed by atoms with van der Waals surface area (Å²) in [5.41, 5.74) is 7.04. The van der Waals surface area contributed by atoms with Gasteiger partial charge >= 0.3 is 0 Å². The van der Waals surface area contributed by atoms with Gasteiger partial charge in [-0.15, -0.1) is 0 Å². The van der Waals surface area contributed by atoms with Crippen LogP contribution in [-0.2, 0) is 11.3 Å². The molecule has 0 aromatic heterocycles. The highest BCUT2D eigenvalue weighted by molar-refractivity contribution is 6.09. The molecule has 2 aliphatic rings. The summed E-state index contributed by atoms with van der Waals surface area (Å²) in [6, 6.07) is 5.27. The highest BCUT2D eigenvalue weighted by Gasteiger charge is 2.31. The summed E-state index contributed by atoms with van der Waals surface area (Å²) in [5.74, 6) is -0.636. The Bertz CT molecular complexity index is 567. The molecule has 0 atom stereocenters. The first-order valence-corrected chi connectivity index (χ1v) is 7.18. The van der Waals surface area contributed by atoms with Crippen LogP contribution in [-0.4, -0.2) is 61.0 Å². The molecular weight excluding hydrogens is 270 g/mol. The Hall–Kier alpha value is -1.92. The first-order chi connectivity index (χ1) is 10.2. The summed E-state index contributed by atoms with van der Waals surface area (Å²) in [6.45, 7) is 5.35. The Morgan fingerprint density at radius 2 is 2.00 bits per heavy atom. The largest absolute Gasteiger partial charge is 0.379 e. The minimum Gasteiger partial charge on any atom is -0.379 e. The molecule has 6 heteroatoms. The molecule has 2 heterocycles. The minimum absolute atomic E-state index is 0.0901. The van der Waals surface area contributed by atoms with E-state index in [1.807, 2.05) is 6.07 Å². The fourth-order valence-electron chi connectivity index (χ4n) is 2.89. The van der Waals surface area contributed by atoms with Crippen LogP contribution in [0.3, 0.4) is 0 Å². The van der Waals surface area contributed by atoms with Crippen LogP contribution in [0.2, 0.25) is 0 Å². The molecule has 2 N–H and O–H groups in total. The third kappa shape index (κ3) is 2.77. The summed E-state index contributed by atoms with van der Waals surface area (Å²) < 4.78 is 5.31. The number of rotatable bonds is 4. The normalized spacial score (nSPS) is 18.9. The number of nitrogens with zero attached hydrogens (tertiary/aromatic N) is 2. The molecule has 2 amide bonds. The standard InChI is InChI=1S/C15H19N3O3/c16-14(19)12-3-1-2-11-10-18(15(20)13(11)12)5-4-17-6-8-21-9-7-17/h1-3H,4-10H2,(H2,16,19). The molecule has 1 aromatic carbocycles. The van der Waals surface area contributed by atoms with E-state index in [-0.39, 0.29) is 5.91 Å². The van der Waals surface area contributed by atoms with E-state index in [4.69, 9.17) is 10.5 Å². The number of amides is 2. The molecule has 2 aliphatic heterocycles. The van der Waals surface area contributed by atoms with E-state index in [1.54, 1.807) is 17.0 Å². The van der Waals surface area contributed by atoms with E-state index in [9.17, 15) is 9.59 Å². The smallest absolute Gasteiger partial charge is 0.255 e. The molecule has 1 fully saturated rings. The number of nitrogens with two attached hydrogens (primary N) is 1. The zero-order valence-corrected chi connectivity index (χ0v) is 11.9. The van der Waals surface area contributed by atoms with Crippen LogP contribution in [0.4, 0.5) is 0 Å². The van der Waals surface area contributed by atoms with Crippen molar-refractivity contribution in [1.82, 2.24) is 9.80 Å². The van der Waals surface area contributed by atoms with Crippen LogP contribution >= 0.6 is 0 Å². The van der Waals surface area contributed by atoms with Gasteiger partial charge in [0.05, 0.1) is 24.3 Å². The first-order valence-electron chi connectivity index (χ1n) is 7.18. The van der Waals surface area contributed by atoms with Crippen molar-refractivity contribution < 1.29 is 14.3 Å². The number of ether oxygens (including phenoxy) is 1. The van der Waals surface area contributed by atoms with Gasteiger partial charge in [-0.25, -0.2) is 0 Å². The number of hydrogen-bond acceptors (Lipinski definition) is 4. The Morgan fingerprint density at radius 3 is 2.71 bits per heavy atom. The van der Waals surface area contributed by atoms with Crippen LogP contribution in [0.15, 0.2) is 18.2 Å². The van der Waals surface area contributed by atoms with Crippen molar-refractivity contribution in [3.05, 3.63) is 34.9 Å². The second kappa shape index (κ2) is 5.83. The average molecular weight is 289 g/mol. The van der Waals surface area contributed by atoms with Crippen molar-refractivity contribution in [2.45, 2.75) is 6.54 Å². The van der Waals surface area contributed by atoms with E-state index in [0.717, 1.165) is 38.4 Å². The number of fused-ring (bicyclic) bond motifs is 1. The van der Waals surface area contributed by atoms with Gasteiger partial charge in [0.25, 0.3) is 5.91 Å². The molecule has 0 radical (unpaired) electrons. The summed E-state index contributed by atoms with van der Waals surface area (Å²) in [5, 5.41) is 0. The summed E-state index contributed by atoms with van der Waals surface area (Å²) in [4.78, 5) is 28.0. The van der Waals surface area contributed by atoms with E-state index >= 15 is 0 Å². The molecule has 1 saturated heterocycles. The van der Waals surface area contributed by atoms with Crippen molar-refractivity contribution in [2.75, 3.05) is 39.4 Å². The van der Waals surface area contributed by atoms with Crippen molar-refractivity contribution in [1.29, 1.82) is 0 Å². The zero-order chi connectivity index (χ0) is 14.8. The van der Waals surface area contributed by atoms with E-state index < -0.39 is 5.91 Å². The minimum atomic E-state index is -0.546. The van der Waals surface area contributed by atoms with Gasteiger partial charge < -0.3 is 15.4 Å². The van der Waals surface area contributed by atoms with Crippen LogP contribution in [0.25, 0.3) is 0 Å². The Kier molecular flexibility index (Phi) is 3.90. The number of hydrogen-bond donors (Lipinski definition) is 1. The van der Waals surface area contributed by atoms with Crippen LogP contribution in [0.5, 0.6) is 0 Å². The lowest BCUT2D eigenvalue weighted by Gasteiger charge is -2.28. The zero-order valence-electron chi connectivity index (χ0n) is 11.9. The van der Waals surface area contributed by atoms with Crippen molar-refractivity contribution in [3.8, 4) is 0 Å². The molecule has 21 heavy (non-hydrogen) atoms. The molecule has 0 saturated carbocycles. The number of carbonyl (C=O) groups is 2. The second-order valence-electron chi connectivity index (χ2n) is 5.38. The highest BCUT2D eigenvalue weighted by atomic mass is 16.5. The van der Waals surface area contributed by atoms with Gasteiger partial charge in [-0.1, -0.05) is 12.1 Å². The predicted molar refractivity (Wildman–Crippen MR) is 77.0 cm³/mol. The van der Waals surface area contributed by atoms with Gasteiger partial charge in [0.15, 0.2) is 0 Å². The maximum absolute atomic E-state index is 12.5. The topological polar surface area (TPSA) is 75.9 Å². The molecular formula is C15H19N3O3. The Balaban J connectivity index is 1.69. The van der Waals surface area contributed by atoms with E-state index in [2.05, 4.69) is 4.90 Å². The molecule has 0 unspecified atom stereocenters. The number of benzene rings is 1. The Morgan fingerprint density at radius 1 is 1.24 bits per heavy atom. The van der Waals surface area contributed by atoms with E-state index in [1.165, 1.54) is 0 Å². The lowest BCUT2D eigenvalue weighted by Crippen LogP contribution is -2.41. The summed E-state index contributed by atoms with van der Waals surface area (Å²) in [7, 11) is 0. The fraction of sp³-hybridized carbons (Fsp3) is 0.467. The van der Waals surface area contributed by atoms with E-state index in [0.29, 0.717) is 24.2 Å². The van der Waals surface area contributed by atoms with Gasteiger partial charge in [-0.05, 0) is 11.6 Å².